The van der Waals surface area contributed by atoms with Crippen LogP contribution >= 0.6 is 0 Å². The van der Waals surface area contributed by atoms with Crippen molar-refractivity contribution in [3.05, 3.63) is 64.7 Å². The van der Waals surface area contributed by atoms with Gasteiger partial charge in [-0.1, -0.05) is 45.9 Å². The summed E-state index contributed by atoms with van der Waals surface area (Å²) < 4.78 is 26.7. The molecule has 0 aliphatic carbocycles. The van der Waals surface area contributed by atoms with Gasteiger partial charge in [0.1, 0.15) is 11.6 Å². The van der Waals surface area contributed by atoms with Crippen LogP contribution in [0.25, 0.3) is 0 Å². The summed E-state index contributed by atoms with van der Waals surface area (Å²) in [7, 11) is 0. The van der Waals surface area contributed by atoms with E-state index < -0.39 is 11.6 Å². The summed E-state index contributed by atoms with van der Waals surface area (Å²) in [6, 6.07) is 9.64. The largest absolute Gasteiger partial charge is 0.256 e. The van der Waals surface area contributed by atoms with Gasteiger partial charge in [0.05, 0.1) is 5.69 Å². The highest BCUT2D eigenvalue weighted by atomic mass is 19.1. The van der Waals surface area contributed by atoms with E-state index in [1.165, 1.54) is 18.3 Å². The molecule has 0 amide bonds. The van der Waals surface area contributed by atoms with Crippen LogP contribution in [0.4, 0.5) is 14.5 Å². The van der Waals surface area contributed by atoms with E-state index in [0.717, 1.165) is 22.9 Å². The van der Waals surface area contributed by atoms with E-state index in [2.05, 4.69) is 32.7 Å². The van der Waals surface area contributed by atoms with E-state index in [0.29, 0.717) is 11.8 Å². The molecule has 0 aromatic heterocycles. The predicted molar refractivity (Wildman–Crippen MR) is 88.2 cm³/mol. The van der Waals surface area contributed by atoms with Crippen LogP contribution in [-0.2, 0) is 0 Å². The van der Waals surface area contributed by atoms with E-state index in [4.69, 9.17) is 0 Å². The molecule has 0 heterocycles. The molecular weight excluding hydrogens is 280 g/mol. The van der Waals surface area contributed by atoms with Crippen molar-refractivity contribution < 1.29 is 8.78 Å². The summed E-state index contributed by atoms with van der Waals surface area (Å²) in [5, 5.41) is 0. The number of rotatable bonds is 4. The van der Waals surface area contributed by atoms with Crippen molar-refractivity contribution in [3.8, 4) is 0 Å². The van der Waals surface area contributed by atoms with Crippen LogP contribution in [0.3, 0.4) is 0 Å². The molecule has 0 bridgehead atoms. The van der Waals surface area contributed by atoms with Crippen molar-refractivity contribution in [1.29, 1.82) is 0 Å². The van der Waals surface area contributed by atoms with Crippen molar-refractivity contribution in [2.75, 3.05) is 0 Å². The Bertz CT molecular complexity index is 662. The lowest BCUT2D eigenvalue weighted by Gasteiger charge is -2.16. The van der Waals surface area contributed by atoms with Gasteiger partial charge in [-0.25, -0.2) is 8.78 Å². The highest BCUT2D eigenvalue weighted by Crippen LogP contribution is 2.34. The molecule has 0 fully saturated rings. The van der Waals surface area contributed by atoms with Gasteiger partial charge in [-0.2, -0.15) is 0 Å². The van der Waals surface area contributed by atoms with E-state index in [9.17, 15) is 8.78 Å². The molecule has 2 aromatic rings. The van der Waals surface area contributed by atoms with Crippen LogP contribution in [0, 0.1) is 11.6 Å². The second kappa shape index (κ2) is 6.82. The number of hydrogen-bond acceptors (Lipinski definition) is 1. The van der Waals surface area contributed by atoms with Crippen LogP contribution in [-0.4, -0.2) is 6.21 Å². The number of hydrogen-bond donors (Lipinski definition) is 0. The minimum atomic E-state index is -0.600. The summed E-state index contributed by atoms with van der Waals surface area (Å²) in [6.07, 6.45) is 1.47. The van der Waals surface area contributed by atoms with Crippen LogP contribution in [0.15, 0.2) is 41.4 Å². The van der Waals surface area contributed by atoms with Crippen molar-refractivity contribution >= 4 is 11.9 Å². The van der Waals surface area contributed by atoms with Crippen molar-refractivity contribution in [2.45, 2.75) is 39.5 Å². The highest BCUT2D eigenvalue weighted by molar-refractivity contribution is 5.83. The Morgan fingerprint density at radius 1 is 0.909 bits per heavy atom. The van der Waals surface area contributed by atoms with Gasteiger partial charge in [0, 0.05) is 17.8 Å². The van der Waals surface area contributed by atoms with Gasteiger partial charge in [0.2, 0.25) is 0 Å². The molecule has 0 N–H and O–H groups in total. The van der Waals surface area contributed by atoms with E-state index in [1.807, 2.05) is 18.2 Å². The maximum Gasteiger partial charge on any atom is 0.134 e. The molecule has 116 valence electrons. The van der Waals surface area contributed by atoms with Gasteiger partial charge in [0.25, 0.3) is 0 Å². The Morgan fingerprint density at radius 3 is 2.00 bits per heavy atom. The van der Waals surface area contributed by atoms with Gasteiger partial charge in [-0.15, -0.1) is 0 Å². The fraction of sp³-hybridized carbons (Fsp3) is 0.316. The third-order valence-electron chi connectivity index (χ3n) is 3.64. The second-order valence-electron chi connectivity index (χ2n) is 6.02. The lowest BCUT2D eigenvalue weighted by molar-refractivity contribution is 0.582. The maximum absolute atomic E-state index is 13.7. The fourth-order valence-electron chi connectivity index (χ4n) is 2.40. The molecule has 0 unspecified atom stereocenters. The lowest BCUT2D eigenvalue weighted by atomic mass is 9.93. The molecule has 3 heteroatoms. The van der Waals surface area contributed by atoms with Crippen molar-refractivity contribution in [1.82, 2.24) is 0 Å². The van der Waals surface area contributed by atoms with Gasteiger partial charge < -0.3 is 0 Å². The SMILES string of the molecule is CC(C)c1cccc(C(C)C)c1N=Cc1ccc(F)cc1F. The molecule has 1 nitrogen and oxygen atoms in total. The predicted octanol–water partition coefficient (Wildman–Crippen LogP) is 5.96. The summed E-state index contributed by atoms with van der Waals surface area (Å²) in [5.41, 5.74) is 3.43. The summed E-state index contributed by atoms with van der Waals surface area (Å²) in [6.45, 7) is 8.43. The van der Waals surface area contributed by atoms with Gasteiger partial charge in [-0.3, -0.25) is 4.99 Å². The van der Waals surface area contributed by atoms with E-state index >= 15 is 0 Å². The number of benzene rings is 2. The third-order valence-corrected chi connectivity index (χ3v) is 3.64. The number of halogens is 2. The molecule has 0 aliphatic heterocycles. The molecule has 0 saturated heterocycles. The highest BCUT2D eigenvalue weighted by Gasteiger charge is 2.12. The van der Waals surface area contributed by atoms with Gasteiger partial charge >= 0.3 is 0 Å². The van der Waals surface area contributed by atoms with E-state index in [-0.39, 0.29) is 5.56 Å². The third kappa shape index (κ3) is 3.59. The first-order valence-electron chi connectivity index (χ1n) is 7.52. The molecule has 0 atom stereocenters. The zero-order valence-corrected chi connectivity index (χ0v) is 13.4. The quantitative estimate of drug-likeness (QED) is 0.618. The molecular formula is C19H21F2N. The fourth-order valence-corrected chi connectivity index (χ4v) is 2.40. The van der Waals surface area contributed by atoms with Gasteiger partial charge in [0.15, 0.2) is 0 Å². The topological polar surface area (TPSA) is 12.4 Å². The molecule has 2 rings (SSSR count). The molecule has 0 spiro atoms. The molecule has 0 aliphatic rings. The maximum atomic E-state index is 13.7. The Morgan fingerprint density at radius 2 is 1.50 bits per heavy atom. The Kier molecular flexibility index (Phi) is 5.07. The first-order chi connectivity index (χ1) is 10.4. The zero-order valence-electron chi connectivity index (χ0n) is 13.4. The zero-order chi connectivity index (χ0) is 16.3. The number of nitrogens with zero attached hydrogens (tertiary/aromatic N) is 1. The Hall–Kier alpha value is -2.03. The normalized spacial score (nSPS) is 11.8. The second-order valence-corrected chi connectivity index (χ2v) is 6.02. The minimum absolute atomic E-state index is 0.287. The average molecular weight is 301 g/mol. The van der Waals surface area contributed by atoms with Crippen LogP contribution in [0.1, 0.15) is 56.2 Å². The van der Waals surface area contributed by atoms with Crippen molar-refractivity contribution in [3.63, 3.8) is 0 Å². The lowest BCUT2D eigenvalue weighted by Crippen LogP contribution is -1.96. The molecule has 0 radical (unpaired) electrons. The standard InChI is InChI=1S/C19H21F2N/c1-12(2)16-6-5-7-17(13(3)4)19(16)22-11-14-8-9-15(20)10-18(14)21/h5-13H,1-4H3. The molecule has 0 saturated carbocycles. The van der Waals surface area contributed by atoms with Crippen LogP contribution in [0.5, 0.6) is 0 Å². The summed E-state index contributed by atoms with van der Waals surface area (Å²) >= 11 is 0. The monoisotopic (exact) mass is 301 g/mol. The van der Waals surface area contributed by atoms with E-state index in [1.54, 1.807) is 0 Å². The summed E-state index contributed by atoms with van der Waals surface area (Å²) in [5.74, 6) is -0.537. The number of para-hydroxylation sites is 1. The Labute approximate surface area is 130 Å². The van der Waals surface area contributed by atoms with Crippen LogP contribution < -0.4 is 0 Å². The smallest absolute Gasteiger partial charge is 0.134 e. The molecule has 2 aromatic carbocycles. The molecule has 22 heavy (non-hydrogen) atoms. The van der Waals surface area contributed by atoms with Gasteiger partial charge in [-0.05, 0) is 35.1 Å². The Balaban J connectivity index is 2.49. The first-order valence-corrected chi connectivity index (χ1v) is 7.52. The number of aliphatic imine (C=N–C) groups is 1. The average Bonchev–Trinajstić information content (AvgIpc) is 2.45. The minimum Gasteiger partial charge on any atom is -0.256 e. The van der Waals surface area contributed by atoms with Crippen LogP contribution in [0.2, 0.25) is 0 Å². The first kappa shape index (κ1) is 16.3. The summed E-state index contributed by atoms with van der Waals surface area (Å²) in [4.78, 5) is 4.52. The van der Waals surface area contributed by atoms with Crippen molar-refractivity contribution in [2.24, 2.45) is 4.99 Å².